The molecule has 0 unspecified atom stereocenters. The van der Waals surface area contributed by atoms with E-state index in [2.05, 4.69) is 0 Å². The first-order valence-electron chi connectivity index (χ1n) is 4.95. The summed E-state index contributed by atoms with van der Waals surface area (Å²) in [4.78, 5) is 0. The van der Waals surface area contributed by atoms with E-state index in [9.17, 15) is 0 Å². The Kier molecular flexibility index (Phi) is 3.49. The molecule has 0 aliphatic carbocycles. The molecule has 0 saturated carbocycles. The van der Waals surface area contributed by atoms with Gasteiger partial charge in [-0.2, -0.15) is 0 Å². The number of hydrogen-bond donors (Lipinski definition) is 1. The lowest BCUT2D eigenvalue weighted by atomic mass is 10.0. The smallest absolute Gasteiger partial charge is 0.0499 e. The molecule has 0 saturated heterocycles. The molecule has 16 heavy (non-hydrogen) atoms. The van der Waals surface area contributed by atoms with Crippen LogP contribution < -0.4 is 5.73 Å². The maximum absolute atomic E-state index is 6.14. The Morgan fingerprint density at radius 1 is 1.00 bits per heavy atom. The van der Waals surface area contributed by atoms with Crippen LogP contribution in [0.15, 0.2) is 42.5 Å². The molecule has 0 fully saturated rings. The molecule has 82 valence electrons. The van der Waals surface area contributed by atoms with Gasteiger partial charge < -0.3 is 5.73 Å². The highest BCUT2D eigenvalue weighted by atomic mass is 35.5. The van der Waals surface area contributed by atoms with Crippen molar-refractivity contribution in [1.82, 2.24) is 0 Å². The summed E-state index contributed by atoms with van der Waals surface area (Å²) in [5.41, 5.74) is 8.72. The molecule has 2 aromatic rings. The van der Waals surface area contributed by atoms with Gasteiger partial charge >= 0.3 is 0 Å². The van der Waals surface area contributed by atoms with Crippen LogP contribution >= 0.6 is 23.2 Å². The van der Waals surface area contributed by atoms with Gasteiger partial charge in [0.2, 0.25) is 0 Å². The molecular formula is C13H11Cl2N. The summed E-state index contributed by atoms with van der Waals surface area (Å²) < 4.78 is 0. The zero-order chi connectivity index (χ0) is 11.5. The van der Waals surface area contributed by atoms with E-state index < -0.39 is 0 Å². The van der Waals surface area contributed by atoms with Crippen molar-refractivity contribution in [3.63, 3.8) is 0 Å². The zero-order valence-corrected chi connectivity index (χ0v) is 10.1. The van der Waals surface area contributed by atoms with Crippen LogP contribution in [-0.2, 0) is 6.54 Å². The van der Waals surface area contributed by atoms with Gasteiger partial charge in [-0.1, -0.05) is 47.5 Å². The minimum Gasteiger partial charge on any atom is -0.326 e. The third-order valence-corrected chi connectivity index (χ3v) is 2.95. The number of rotatable bonds is 2. The predicted molar refractivity (Wildman–Crippen MR) is 69.8 cm³/mol. The molecule has 0 atom stereocenters. The normalized spacial score (nSPS) is 10.4. The fourth-order valence-electron chi connectivity index (χ4n) is 1.59. The van der Waals surface area contributed by atoms with Crippen LogP contribution in [0.25, 0.3) is 11.1 Å². The van der Waals surface area contributed by atoms with Crippen molar-refractivity contribution in [2.75, 3.05) is 0 Å². The minimum absolute atomic E-state index is 0.527. The Labute approximate surface area is 105 Å². The van der Waals surface area contributed by atoms with Crippen molar-refractivity contribution in [3.05, 3.63) is 58.1 Å². The average molecular weight is 252 g/mol. The van der Waals surface area contributed by atoms with Gasteiger partial charge in [0.25, 0.3) is 0 Å². The van der Waals surface area contributed by atoms with E-state index in [-0.39, 0.29) is 0 Å². The third-order valence-electron chi connectivity index (χ3n) is 2.40. The van der Waals surface area contributed by atoms with Crippen molar-refractivity contribution >= 4 is 23.2 Å². The summed E-state index contributed by atoms with van der Waals surface area (Å²) in [5.74, 6) is 0. The van der Waals surface area contributed by atoms with E-state index in [1.807, 2.05) is 36.4 Å². The quantitative estimate of drug-likeness (QED) is 0.854. The molecule has 0 aliphatic rings. The molecule has 2 aromatic carbocycles. The van der Waals surface area contributed by atoms with Gasteiger partial charge in [0, 0.05) is 22.2 Å². The standard InChI is InChI=1S/C13H11Cl2N/c14-11-4-5-12(13(15)7-11)10-3-1-2-9(6-10)8-16/h1-7H,8,16H2. The molecule has 3 heteroatoms. The van der Waals surface area contributed by atoms with Gasteiger partial charge in [-0.25, -0.2) is 0 Å². The number of benzene rings is 2. The lowest BCUT2D eigenvalue weighted by molar-refractivity contribution is 1.07. The molecule has 2 rings (SSSR count). The summed E-state index contributed by atoms with van der Waals surface area (Å²) in [7, 11) is 0. The van der Waals surface area contributed by atoms with Crippen LogP contribution in [0.1, 0.15) is 5.56 Å². The average Bonchev–Trinajstić information content (AvgIpc) is 2.29. The fourth-order valence-corrected chi connectivity index (χ4v) is 2.11. The van der Waals surface area contributed by atoms with Crippen molar-refractivity contribution in [1.29, 1.82) is 0 Å². The molecule has 0 radical (unpaired) electrons. The van der Waals surface area contributed by atoms with Gasteiger partial charge in [-0.05, 0) is 29.3 Å². The third kappa shape index (κ3) is 2.38. The van der Waals surface area contributed by atoms with Crippen LogP contribution in [0.5, 0.6) is 0 Å². The monoisotopic (exact) mass is 251 g/mol. The fraction of sp³-hybridized carbons (Fsp3) is 0.0769. The van der Waals surface area contributed by atoms with Gasteiger partial charge in [0.05, 0.1) is 0 Å². The van der Waals surface area contributed by atoms with Crippen LogP contribution in [0, 0.1) is 0 Å². The summed E-state index contributed by atoms with van der Waals surface area (Å²) in [6.07, 6.45) is 0. The van der Waals surface area contributed by atoms with Gasteiger partial charge in [-0.15, -0.1) is 0 Å². The Balaban J connectivity index is 2.49. The molecule has 0 aromatic heterocycles. The summed E-state index contributed by atoms with van der Waals surface area (Å²) in [6, 6.07) is 13.5. The molecular weight excluding hydrogens is 241 g/mol. The van der Waals surface area contributed by atoms with E-state index in [0.717, 1.165) is 16.7 Å². The van der Waals surface area contributed by atoms with E-state index in [1.165, 1.54) is 0 Å². The Morgan fingerprint density at radius 3 is 2.50 bits per heavy atom. The lowest BCUT2D eigenvalue weighted by Crippen LogP contribution is -1.95. The summed E-state index contributed by atoms with van der Waals surface area (Å²) >= 11 is 12.0. The van der Waals surface area contributed by atoms with Gasteiger partial charge in [-0.3, -0.25) is 0 Å². The van der Waals surface area contributed by atoms with Crippen LogP contribution in [-0.4, -0.2) is 0 Å². The first-order valence-corrected chi connectivity index (χ1v) is 5.71. The van der Waals surface area contributed by atoms with E-state index in [1.54, 1.807) is 6.07 Å². The van der Waals surface area contributed by atoms with E-state index in [4.69, 9.17) is 28.9 Å². The molecule has 0 aliphatic heterocycles. The van der Waals surface area contributed by atoms with Crippen molar-refractivity contribution in [3.8, 4) is 11.1 Å². The zero-order valence-electron chi connectivity index (χ0n) is 8.58. The van der Waals surface area contributed by atoms with Gasteiger partial charge in [0.1, 0.15) is 0 Å². The highest BCUT2D eigenvalue weighted by Gasteiger charge is 2.04. The van der Waals surface area contributed by atoms with Crippen LogP contribution in [0.4, 0.5) is 0 Å². The van der Waals surface area contributed by atoms with Gasteiger partial charge in [0.15, 0.2) is 0 Å². The summed E-state index contributed by atoms with van der Waals surface area (Å²) in [5, 5.41) is 1.30. The number of nitrogens with two attached hydrogens (primary N) is 1. The Morgan fingerprint density at radius 2 is 1.81 bits per heavy atom. The lowest BCUT2D eigenvalue weighted by Gasteiger charge is -2.06. The second-order valence-corrected chi connectivity index (χ2v) is 4.37. The first kappa shape index (κ1) is 11.5. The van der Waals surface area contributed by atoms with E-state index >= 15 is 0 Å². The van der Waals surface area contributed by atoms with Crippen LogP contribution in [0.3, 0.4) is 0 Å². The van der Waals surface area contributed by atoms with Crippen molar-refractivity contribution < 1.29 is 0 Å². The highest BCUT2D eigenvalue weighted by Crippen LogP contribution is 2.30. The number of halogens is 2. The van der Waals surface area contributed by atoms with Crippen molar-refractivity contribution in [2.45, 2.75) is 6.54 Å². The van der Waals surface area contributed by atoms with Crippen LogP contribution in [0.2, 0.25) is 10.0 Å². The van der Waals surface area contributed by atoms with E-state index in [0.29, 0.717) is 16.6 Å². The maximum Gasteiger partial charge on any atom is 0.0499 e. The Hall–Kier alpha value is -1.02. The molecule has 0 bridgehead atoms. The first-order chi connectivity index (χ1) is 7.70. The molecule has 1 nitrogen and oxygen atoms in total. The molecule has 0 amide bonds. The molecule has 0 spiro atoms. The second kappa shape index (κ2) is 4.88. The summed E-state index contributed by atoms with van der Waals surface area (Å²) in [6.45, 7) is 0.527. The predicted octanol–water partition coefficient (Wildman–Crippen LogP) is 4.12. The van der Waals surface area contributed by atoms with Crippen molar-refractivity contribution in [2.24, 2.45) is 5.73 Å². The largest absolute Gasteiger partial charge is 0.326 e. The SMILES string of the molecule is NCc1cccc(-c2ccc(Cl)cc2Cl)c1. The second-order valence-electron chi connectivity index (χ2n) is 3.53. The Bertz CT molecular complexity index is 509. The minimum atomic E-state index is 0.527. The number of hydrogen-bond acceptors (Lipinski definition) is 1. The molecule has 0 heterocycles. The highest BCUT2D eigenvalue weighted by molar-refractivity contribution is 6.36. The topological polar surface area (TPSA) is 26.0 Å². The molecule has 2 N–H and O–H groups in total. The maximum atomic E-state index is 6.14.